The zero-order valence-corrected chi connectivity index (χ0v) is 6.91. The topological polar surface area (TPSA) is 99.8 Å². The fourth-order valence-corrected chi connectivity index (χ4v) is 0.737. The molecule has 1 aromatic rings. The highest BCUT2D eigenvalue weighted by Gasteiger charge is 2.10. The van der Waals surface area contributed by atoms with Gasteiger partial charge in [0, 0.05) is 6.20 Å². The third kappa shape index (κ3) is 2.37. The zero-order valence-electron chi connectivity index (χ0n) is 6.91. The zero-order chi connectivity index (χ0) is 10.6. The van der Waals surface area contributed by atoms with Gasteiger partial charge >= 0.3 is 5.97 Å². The average Bonchev–Trinajstić information content (AvgIpc) is 2.15. The lowest BCUT2D eigenvalue weighted by Crippen LogP contribution is -2.03. The van der Waals surface area contributed by atoms with Crippen molar-refractivity contribution in [3.8, 4) is 5.75 Å². The molecule has 0 aliphatic carbocycles. The summed E-state index contributed by atoms with van der Waals surface area (Å²) in [6, 6.07) is 2.70. The fraction of sp³-hybridized carbons (Fsp3) is 0. The maximum Gasteiger partial charge on any atom is 0.347 e. The molecular weight excluding hydrogens is 188 g/mol. The van der Waals surface area contributed by atoms with E-state index in [4.69, 9.17) is 10.2 Å². The largest absolute Gasteiger partial charge is 0.505 e. The van der Waals surface area contributed by atoms with Gasteiger partial charge in [0.25, 0.3) is 5.91 Å². The van der Waals surface area contributed by atoms with Gasteiger partial charge in [0.1, 0.15) is 12.0 Å². The Labute approximate surface area is 78.6 Å². The van der Waals surface area contributed by atoms with Crippen LogP contribution in [0.15, 0.2) is 23.3 Å². The van der Waals surface area contributed by atoms with Crippen molar-refractivity contribution >= 4 is 18.1 Å². The van der Waals surface area contributed by atoms with Crippen LogP contribution in [0, 0.1) is 0 Å². The highest BCUT2D eigenvalue weighted by Crippen LogP contribution is 2.12. The number of aliphatic carboxylic acids is 1. The Bertz CT molecular complexity index is 400. The van der Waals surface area contributed by atoms with Gasteiger partial charge in [-0.3, -0.25) is 4.79 Å². The lowest BCUT2D eigenvalue weighted by molar-refractivity contribution is -0.128. The standard InChI is InChI=1S/C8H6N2O4/c11-5-2-1-3-9-7(5)8(14)10-4-6(12)13/h1-4,11H,(H,12,13). The van der Waals surface area contributed by atoms with Crippen LogP contribution in [-0.2, 0) is 4.79 Å². The number of hydrogen-bond acceptors (Lipinski definition) is 4. The van der Waals surface area contributed by atoms with Gasteiger partial charge in [0.2, 0.25) is 0 Å². The van der Waals surface area contributed by atoms with Crippen LogP contribution in [0.1, 0.15) is 10.5 Å². The molecule has 0 saturated heterocycles. The molecular formula is C8H6N2O4. The minimum absolute atomic E-state index is 0.273. The molecule has 0 aromatic carbocycles. The summed E-state index contributed by atoms with van der Waals surface area (Å²) < 4.78 is 0. The highest BCUT2D eigenvalue weighted by atomic mass is 16.4. The second-order valence-electron chi connectivity index (χ2n) is 2.27. The average molecular weight is 194 g/mol. The molecule has 1 aromatic heterocycles. The Kier molecular flexibility index (Phi) is 2.90. The molecule has 1 rings (SSSR count). The molecule has 0 bridgehead atoms. The predicted molar refractivity (Wildman–Crippen MR) is 46.4 cm³/mol. The van der Waals surface area contributed by atoms with Crippen molar-refractivity contribution in [3.05, 3.63) is 24.0 Å². The van der Waals surface area contributed by atoms with Crippen molar-refractivity contribution < 1.29 is 19.8 Å². The number of rotatable bonds is 2. The van der Waals surface area contributed by atoms with Crippen molar-refractivity contribution in [2.24, 2.45) is 4.99 Å². The van der Waals surface area contributed by atoms with Gasteiger partial charge in [-0.2, -0.15) is 0 Å². The van der Waals surface area contributed by atoms with Crippen LogP contribution in [0.3, 0.4) is 0 Å². The number of aromatic hydroxyl groups is 1. The maximum atomic E-state index is 11.1. The molecule has 0 fully saturated rings. The number of pyridine rings is 1. The lowest BCUT2D eigenvalue weighted by atomic mass is 10.3. The molecule has 0 spiro atoms. The van der Waals surface area contributed by atoms with Gasteiger partial charge in [-0.25, -0.2) is 14.8 Å². The molecule has 0 aliphatic rings. The number of carboxylic acids is 1. The molecule has 1 amide bonds. The summed E-state index contributed by atoms with van der Waals surface area (Å²) in [4.78, 5) is 27.7. The lowest BCUT2D eigenvalue weighted by Gasteiger charge is -1.95. The van der Waals surface area contributed by atoms with Gasteiger partial charge in [-0.15, -0.1) is 0 Å². The summed E-state index contributed by atoms with van der Waals surface area (Å²) in [6.45, 7) is 0. The van der Waals surface area contributed by atoms with Crippen molar-refractivity contribution in [3.63, 3.8) is 0 Å². The van der Waals surface area contributed by atoms with E-state index in [9.17, 15) is 9.59 Å². The van der Waals surface area contributed by atoms with E-state index in [0.717, 1.165) is 0 Å². The van der Waals surface area contributed by atoms with Gasteiger partial charge < -0.3 is 10.2 Å². The van der Waals surface area contributed by atoms with Crippen molar-refractivity contribution in [2.45, 2.75) is 0 Å². The Morgan fingerprint density at radius 3 is 2.79 bits per heavy atom. The minimum Gasteiger partial charge on any atom is -0.505 e. The normalized spacial score (nSPS) is 10.3. The summed E-state index contributed by atoms with van der Waals surface area (Å²) in [6.07, 6.45) is 1.74. The quantitative estimate of drug-likeness (QED) is 0.649. The first-order valence-electron chi connectivity index (χ1n) is 3.56. The summed E-state index contributed by atoms with van der Waals surface area (Å²) in [5.41, 5.74) is -0.273. The van der Waals surface area contributed by atoms with Crippen molar-refractivity contribution in [1.29, 1.82) is 0 Å². The predicted octanol–water partition coefficient (Wildman–Crippen LogP) is 0.0828. The number of hydrogen-bond donors (Lipinski definition) is 2. The third-order valence-electron chi connectivity index (χ3n) is 1.28. The molecule has 0 saturated carbocycles. The van der Waals surface area contributed by atoms with E-state index in [1.807, 2.05) is 0 Å². The van der Waals surface area contributed by atoms with E-state index in [1.165, 1.54) is 18.3 Å². The minimum atomic E-state index is -1.34. The SMILES string of the molecule is O=C(O)C=NC(=O)c1ncccc1O. The molecule has 2 N–H and O–H groups in total. The van der Waals surface area contributed by atoms with Crippen LogP contribution in [0.25, 0.3) is 0 Å². The Balaban J connectivity index is 2.91. The van der Waals surface area contributed by atoms with Crippen LogP contribution < -0.4 is 0 Å². The van der Waals surface area contributed by atoms with E-state index in [-0.39, 0.29) is 11.4 Å². The Morgan fingerprint density at radius 1 is 1.50 bits per heavy atom. The first-order chi connectivity index (χ1) is 6.61. The number of aliphatic imine (C=N–C) groups is 1. The number of carbonyl (C=O) groups is 2. The van der Waals surface area contributed by atoms with Gasteiger partial charge in [-0.05, 0) is 12.1 Å². The van der Waals surface area contributed by atoms with Gasteiger partial charge in [0.15, 0.2) is 5.69 Å². The van der Waals surface area contributed by atoms with E-state index < -0.39 is 11.9 Å². The second-order valence-corrected chi connectivity index (χ2v) is 2.27. The van der Waals surface area contributed by atoms with E-state index in [1.54, 1.807) is 0 Å². The van der Waals surface area contributed by atoms with Crippen LogP contribution in [-0.4, -0.2) is 33.3 Å². The van der Waals surface area contributed by atoms with Crippen molar-refractivity contribution in [2.75, 3.05) is 0 Å². The number of carbonyl (C=O) groups excluding carboxylic acids is 1. The monoisotopic (exact) mass is 194 g/mol. The molecule has 0 atom stereocenters. The smallest absolute Gasteiger partial charge is 0.347 e. The molecule has 72 valence electrons. The van der Waals surface area contributed by atoms with Crippen LogP contribution >= 0.6 is 0 Å². The van der Waals surface area contributed by atoms with Crippen molar-refractivity contribution in [1.82, 2.24) is 4.98 Å². The van der Waals surface area contributed by atoms with E-state index in [0.29, 0.717) is 6.21 Å². The van der Waals surface area contributed by atoms with Crippen LogP contribution in [0.2, 0.25) is 0 Å². The first kappa shape index (κ1) is 9.85. The Morgan fingerprint density at radius 2 is 2.21 bits per heavy atom. The molecule has 0 aliphatic heterocycles. The molecule has 1 heterocycles. The van der Waals surface area contributed by atoms with Crippen LogP contribution in [0.4, 0.5) is 0 Å². The molecule has 0 unspecified atom stereocenters. The Hall–Kier alpha value is -2.24. The maximum absolute atomic E-state index is 11.1. The fourth-order valence-electron chi connectivity index (χ4n) is 0.737. The first-order valence-corrected chi connectivity index (χ1v) is 3.56. The van der Waals surface area contributed by atoms with Gasteiger partial charge in [0.05, 0.1) is 0 Å². The summed E-state index contributed by atoms with van der Waals surface area (Å²) in [5, 5.41) is 17.3. The van der Waals surface area contributed by atoms with E-state index >= 15 is 0 Å². The second kappa shape index (κ2) is 4.13. The summed E-state index contributed by atoms with van der Waals surface area (Å²) in [7, 11) is 0. The van der Waals surface area contributed by atoms with Crippen LogP contribution in [0.5, 0.6) is 5.75 Å². The molecule has 14 heavy (non-hydrogen) atoms. The summed E-state index contributed by atoms with van der Waals surface area (Å²) in [5.74, 6) is -2.57. The number of amides is 1. The molecule has 0 radical (unpaired) electrons. The van der Waals surface area contributed by atoms with Gasteiger partial charge in [-0.1, -0.05) is 0 Å². The molecule has 6 heteroatoms. The number of aromatic nitrogens is 1. The number of carboxylic acid groups (broad SMARTS) is 1. The number of nitrogens with zero attached hydrogens (tertiary/aromatic N) is 2. The molecule has 6 nitrogen and oxygen atoms in total. The highest BCUT2D eigenvalue weighted by molar-refractivity contribution is 6.25. The van der Waals surface area contributed by atoms with E-state index in [2.05, 4.69) is 9.98 Å². The third-order valence-corrected chi connectivity index (χ3v) is 1.28. The summed E-state index contributed by atoms with van der Waals surface area (Å²) >= 11 is 0.